The molecular formula is C21H23ClN2O4S. The Morgan fingerprint density at radius 2 is 1.79 bits per heavy atom. The molecule has 1 fully saturated rings. The van der Waals surface area contributed by atoms with E-state index >= 15 is 0 Å². The third kappa shape index (κ3) is 4.86. The highest BCUT2D eigenvalue weighted by Crippen LogP contribution is 2.27. The quantitative estimate of drug-likeness (QED) is 0.723. The summed E-state index contributed by atoms with van der Waals surface area (Å²) in [5, 5.41) is 3.44. The maximum atomic E-state index is 12.9. The number of carbonyl (C=O) groups excluding carboxylic acids is 2. The molecule has 0 saturated carbocycles. The van der Waals surface area contributed by atoms with Crippen molar-refractivity contribution < 1.29 is 18.0 Å². The molecule has 1 N–H and O–H groups in total. The lowest BCUT2D eigenvalue weighted by atomic mass is 9.97. The molecule has 29 heavy (non-hydrogen) atoms. The smallest absolute Gasteiger partial charge is 0.243 e. The van der Waals surface area contributed by atoms with E-state index < -0.39 is 10.0 Å². The molecule has 3 rings (SSSR count). The number of carbonyl (C=O) groups is 2. The van der Waals surface area contributed by atoms with Gasteiger partial charge in [-0.15, -0.1) is 0 Å². The van der Waals surface area contributed by atoms with E-state index in [0.29, 0.717) is 29.1 Å². The Hall–Kier alpha value is -2.22. The van der Waals surface area contributed by atoms with Gasteiger partial charge < -0.3 is 5.32 Å². The summed E-state index contributed by atoms with van der Waals surface area (Å²) in [5.74, 6) is -0.594. The molecule has 0 unspecified atom stereocenters. The van der Waals surface area contributed by atoms with Gasteiger partial charge >= 0.3 is 0 Å². The average Bonchev–Trinajstić information content (AvgIpc) is 2.71. The number of aryl methyl sites for hydroxylation is 1. The van der Waals surface area contributed by atoms with Crippen LogP contribution in [0, 0.1) is 12.8 Å². The Kier molecular flexibility index (Phi) is 6.41. The molecule has 0 aliphatic carbocycles. The van der Waals surface area contributed by atoms with Crippen molar-refractivity contribution in [2.75, 3.05) is 18.4 Å². The van der Waals surface area contributed by atoms with Crippen LogP contribution in [0.1, 0.15) is 35.7 Å². The summed E-state index contributed by atoms with van der Waals surface area (Å²) in [6.45, 7) is 3.78. The lowest BCUT2D eigenvalue weighted by molar-refractivity contribution is -0.120. The third-order valence-electron chi connectivity index (χ3n) is 5.16. The van der Waals surface area contributed by atoms with Crippen LogP contribution in [0.5, 0.6) is 0 Å². The maximum Gasteiger partial charge on any atom is 0.243 e. The fourth-order valence-corrected chi connectivity index (χ4v) is 5.03. The number of hydrogen-bond donors (Lipinski definition) is 1. The summed E-state index contributed by atoms with van der Waals surface area (Å²) in [5.41, 5.74) is 1.93. The molecule has 1 aliphatic heterocycles. The van der Waals surface area contributed by atoms with Gasteiger partial charge in [0, 0.05) is 35.3 Å². The van der Waals surface area contributed by atoms with Crippen LogP contribution in [-0.2, 0) is 14.8 Å². The van der Waals surface area contributed by atoms with Crippen LogP contribution in [0.4, 0.5) is 5.69 Å². The van der Waals surface area contributed by atoms with Gasteiger partial charge in [0.25, 0.3) is 0 Å². The first-order chi connectivity index (χ1) is 13.7. The van der Waals surface area contributed by atoms with Crippen molar-refractivity contribution in [3.05, 3.63) is 58.6 Å². The second-order valence-electron chi connectivity index (χ2n) is 7.21. The van der Waals surface area contributed by atoms with Gasteiger partial charge in [-0.1, -0.05) is 29.8 Å². The molecule has 0 bridgehead atoms. The molecule has 1 saturated heterocycles. The van der Waals surface area contributed by atoms with Crippen molar-refractivity contribution in [1.29, 1.82) is 0 Å². The number of ketones is 1. The molecule has 0 aromatic heterocycles. The zero-order valence-corrected chi connectivity index (χ0v) is 17.9. The minimum Gasteiger partial charge on any atom is -0.326 e. The molecule has 1 aliphatic rings. The number of piperidine rings is 1. The standard InChI is InChI=1S/C21H23ClN2O4S/c1-14-6-7-18(22)13-20(14)23-21(26)16-8-10-24(11-9-16)29(27,28)19-5-3-4-17(12-19)15(2)25/h3-7,12-13,16H,8-11H2,1-2H3,(H,23,26). The number of amides is 1. The molecule has 154 valence electrons. The Labute approximate surface area is 175 Å². The van der Waals surface area contributed by atoms with Crippen molar-refractivity contribution in [1.82, 2.24) is 4.31 Å². The van der Waals surface area contributed by atoms with Crippen molar-refractivity contribution in [2.24, 2.45) is 5.92 Å². The third-order valence-corrected chi connectivity index (χ3v) is 7.29. The minimum absolute atomic E-state index is 0.0997. The Balaban J connectivity index is 1.66. The molecule has 6 nitrogen and oxygen atoms in total. The van der Waals surface area contributed by atoms with Gasteiger partial charge in [0.1, 0.15) is 0 Å². The summed E-state index contributed by atoms with van der Waals surface area (Å²) in [6, 6.07) is 11.4. The van der Waals surface area contributed by atoms with Crippen LogP contribution in [0.2, 0.25) is 5.02 Å². The number of hydrogen-bond acceptors (Lipinski definition) is 4. The highest BCUT2D eigenvalue weighted by atomic mass is 35.5. The number of sulfonamides is 1. The van der Waals surface area contributed by atoms with Crippen LogP contribution in [0.25, 0.3) is 0 Å². The maximum absolute atomic E-state index is 12.9. The number of Topliss-reactive ketones (excluding diaryl/α,β-unsaturated/α-hetero) is 1. The number of rotatable bonds is 5. The molecule has 8 heteroatoms. The summed E-state index contributed by atoms with van der Waals surface area (Å²) >= 11 is 6.00. The first-order valence-electron chi connectivity index (χ1n) is 9.36. The first kappa shape index (κ1) is 21.5. The van der Waals surface area contributed by atoms with Gasteiger partial charge in [-0.25, -0.2) is 8.42 Å². The predicted octanol–water partition coefficient (Wildman–Crippen LogP) is 3.89. The molecule has 2 aromatic carbocycles. The predicted molar refractivity (Wildman–Crippen MR) is 113 cm³/mol. The minimum atomic E-state index is -3.71. The van der Waals surface area contributed by atoms with Gasteiger partial charge in [-0.05, 0) is 56.5 Å². The van der Waals surface area contributed by atoms with Crippen LogP contribution >= 0.6 is 11.6 Å². The van der Waals surface area contributed by atoms with Crippen LogP contribution in [0.15, 0.2) is 47.4 Å². The number of anilines is 1. The van der Waals surface area contributed by atoms with Crippen LogP contribution < -0.4 is 5.32 Å². The zero-order valence-electron chi connectivity index (χ0n) is 16.3. The molecule has 0 spiro atoms. The van der Waals surface area contributed by atoms with Gasteiger partial charge in [-0.3, -0.25) is 9.59 Å². The molecule has 1 amide bonds. The Morgan fingerprint density at radius 3 is 2.45 bits per heavy atom. The number of nitrogens with zero attached hydrogens (tertiary/aromatic N) is 1. The van der Waals surface area contributed by atoms with E-state index in [1.807, 2.05) is 13.0 Å². The highest BCUT2D eigenvalue weighted by molar-refractivity contribution is 7.89. The van der Waals surface area contributed by atoms with Crippen molar-refractivity contribution in [2.45, 2.75) is 31.6 Å². The van der Waals surface area contributed by atoms with Gasteiger partial charge in [-0.2, -0.15) is 4.31 Å². The van der Waals surface area contributed by atoms with E-state index in [4.69, 9.17) is 11.6 Å². The van der Waals surface area contributed by atoms with E-state index in [1.54, 1.807) is 24.3 Å². The monoisotopic (exact) mass is 434 g/mol. The second-order valence-corrected chi connectivity index (χ2v) is 9.59. The summed E-state index contributed by atoms with van der Waals surface area (Å²) in [7, 11) is -3.71. The normalized spacial score (nSPS) is 15.8. The molecular weight excluding hydrogens is 412 g/mol. The lowest BCUT2D eigenvalue weighted by Crippen LogP contribution is -2.41. The summed E-state index contributed by atoms with van der Waals surface area (Å²) < 4.78 is 27.2. The number of halogens is 1. The van der Waals surface area contributed by atoms with E-state index in [9.17, 15) is 18.0 Å². The number of benzene rings is 2. The first-order valence-corrected chi connectivity index (χ1v) is 11.2. The fourth-order valence-electron chi connectivity index (χ4n) is 3.35. The molecule has 0 radical (unpaired) electrons. The van der Waals surface area contributed by atoms with Crippen LogP contribution in [0.3, 0.4) is 0 Å². The van der Waals surface area contributed by atoms with Crippen molar-refractivity contribution >= 4 is 39.0 Å². The molecule has 2 aromatic rings. The van der Waals surface area contributed by atoms with E-state index in [0.717, 1.165) is 5.56 Å². The summed E-state index contributed by atoms with van der Waals surface area (Å²) in [6.07, 6.45) is 0.855. The van der Waals surface area contributed by atoms with Crippen molar-refractivity contribution in [3.8, 4) is 0 Å². The summed E-state index contributed by atoms with van der Waals surface area (Å²) in [4.78, 5) is 24.3. The lowest BCUT2D eigenvalue weighted by Gasteiger charge is -2.30. The Bertz CT molecular complexity index is 1040. The van der Waals surface area contributed by atoms with E-state index in [1.165, 1.54) is 23.4 Å². The van der Waals surface area contributed by atoms with Gasteiger partial charge in [0.05, 0.1) is 4.90 Å². The van der Waals surface area contributed by atoms with E-state index in [2.05, 4.69) is 5.32 Å². The van der Waals surface area contributed by atoms with E-state index in [-0.39, 0.29) is 35.6 Å². The SMILES string of the molecule is CC(=O)c1cccc(S(=O)(=O)N2CCC(C(=O)Nc3cc(Cl)ccc3C)CC2)c1. The average molecular weight is 435 g/mol. The molecule has 0 atom stereocenters. The van der Waals surface area contributed by atoms with Crippen molar-refractivity contribution in [3.63, 3.8) is 0 Å². The second kappa shape index (κ2) is 8.65. The Morgan fingerprint density at radius 1 is 1.10 bits per heavy atom. The highest BCUT2D eigenvalue weighted by Gasteiger charge is 2.32. The van der Waals surface area contributed by atoms with Crippen LogP contribution in [-0.4, -0.2) is 37.5 Å². The van der Waals surface area contributed by atoms with Gasteiger partial charge in [0.2, 0.25) is 15.9 Å². The fraction of sp³-hybridized carbons (Fsp3) is 0.333. The van der Waals surface area contributed by atoms with Gasteiger partial charge in [0.15, 0.2) is 5.78 Å². The molecule has 1 heterocycles. The zero-order chi connectivity index (χ0) is 21.2. The topological polar surface area (TPSA) is 83.6 Å². The largest absolute Gasteiger partial charge is 0.326 e. The number of nitrogens with one attached hydrogen (secondary N) is 1.